The van der Waals surface area contributed by atoms with Crippen LogP contribution in [0.25, 0.3) is 6.08 Å². The molecule has 2 aromatic carbocycles. The molecule has 0 aromatic heterocycles. The minimum atomic E-state index is -1.93. The number of aliphatic hydroxyl groups excluding tert-OH is 1. The summed E-state index contributed by atoms with van der Waals surface area (Å²) in [6.45, 7) is 3.50. The standard InChI is InChI=1S/C31H27BrCl2N2O6/c1-2-17-7-9-18(10-8-17)36-26(38)21-12-11-19-22(24(21)27(36)39)15-30(33)28(40)35(16-32)29(41)31(30,34)25(19)20-5-3-4-6-23(20)42-14-13-37/h2-11,21-22,24-25,37H,1,12-16H2. The average molecular weight is 674 g/mol. The topological polar surface area (TPSA) is 104 Å². The number of fused-ring (bicyclic) bond motifs is 4. The predicted octanol–water partition coefficient (Wildman–Crippen LogP) is 4.62. The van der Waals surface area contributed by atoms with Crippen molar-refractivity contribution < 1.29 is 29.0 Å². The Bertz CT molecular complexity index is 1550. The molecule has 4 amide bonds. The first-order valence-electron chi connectivity index (χ1n) is 13.6. The van der Waals surface area contributed by atoms with E-state index in [-0.39, 0.29) is 43.3 Å². The first kappa shape index (κ1) is 29.1. The van der Waals surface area contributed by atoms with Crippen molar-refractivity contribution in [3.05, 3.63) is 77.9 Å². The molecule has 11 heteroatoms. The molecule has 8 nitrogen and oxygen atoms in total. The van der Waals surface area contributed by atoms with Crippen LogP contribution in [0.1, 0.15) is 29.9 Å². The smallest absolute Gasteiger partial charge is 0.254 e. The van der Waals surface area contributed by atoms with E-state index in [2.05, 4.69) is 22.5 Å². The third kappa shape index (κ3) is 3.90. The molecule has 218 valence electrons. The molecule has 2 aliphatic heterocycles. The highest BCUT2D eigenvalue weighted by molar-refractivity contribution is 9.09. The number of rotatable bonds is 7. The molecule has 0 spiro atoms. The van der Waals surface area contributed by atoms with Crippen molar-refractivity contribution in [2.24, 2.45) is 17.8 Å². The Morgan fingerprint density at radius 3 is 2.40 bits per heavy atom. The van der Waals surface area contributed by atoms with Gasteiger partial charge in [0, 0.05) is 11.5 Å². The number of amides is 4. The number of imide groups is 2. The Morgan fingerprint density at radius 1 is 1.02 bits per heavy atom. The van der Waals surface area contributed by atoms with Crippen molar-refractivity contribution in [3.63, 3.8) is 0 Å². The van der Waals surface area contributed by atoms with E-state index in [1.54, 1.807) is 54.6 Å². The van der Waals surface area contributed by atoms with Crippen molar-refractivity contribution in [1.29, 1.82) is 0 Å². The van der Waals surface area contributed by atoms with Gasteiger partial charge in [-0.1, -0.05) is 70.6 Å². The molecular weight excluding hydrogens is 647 g/mol. The molecular formula is C31H27BrCl2N2O6. The lowest BCUT2D eigenvalue weighted by Crippen LogP contribution is -2.60. The number of ether oxygens (including phenoxy) is 1. The number of carbonyl (C=O) groups excluding carboxylic acids is 4. The molecule has 1 N–H and O–H groups in total. The largest absolute Gasteiger partial charge is 0.491 e. The zero-order valence-electron chi connectivity index (χ0n) is 22.3. The van der Waals surface area contributed by atoms with Crippen molar-refractivity contribution in [2.45, 2.75) is 28.5 Å². The molecule has 2 aliphatic carbocycles. The van der Waals surface area contributed by atoms with Gasteiger partial charge in [-0.05, 0) is 42.5 Å². The quantitative estimate of drug-likeness (QED) is 0.199. The van der Waals surface area contributed by atoms with E-state index in [1.807, 2.05) is 6.08 Å². The van der Waals surface area contributed by atoms with Crippen LogP contribution in [0.3, 0.4) is 0 Å². The normalized spacial score (nSPS) is 32.0. The number of alkyl halides is 3. The average Bonchev–Trinajstić information content (AvgIpc) is 3.34. The highest BCUT2D eigenvalue weighted by Gasteiger charge is 2.76. The number of para-hydroxylation sites is 1. The third-order valence-corrected chi connectivity index (χ3v) is 10.9. The van der Waals surface area contributed by atoms with Gasteiger partial charge in [0.25, 0.3) is 11.8 Å². The zero-order chi connectivity index (χ0) is 30.0. The lowest BCUT2D eigenvalue weighted by atomic mass is 9.56. The molecule has 2 saturated heterocycles. The summed E-state index contributed by atoms with van der Waals surface area (Å²) in [5, 5.41) is 9.43. The van der Waals surface area contributed by atoms with Gasteiger partial charge in [0.1, 0.15) is 12.4 Å². The molecule has 4 aliphatic rings. The number of aliphatic hydroxyl groups is 1. The lowest BCUT2D eigenvalue weighted by Gasteiger charge is -2.51. The molecule has 6 rings (SSSR count). The Morgan fingerprint density at radius 2 is 1.74 bits per heavy atom. The maximum atomic E-state index is 14.1. The van der Waals surface area contributed by atoms with Gasteiger partial charge >= 0.3 is 0 Å². The van der Waals surface area contributed by atoms with Crippen molar-refractivity contribution in [1.82, 2.24) is 4.90 Å². The third-order valence-electron chi connectivity index (χ3n) is 8.98. The minimum Gasteiger partial charge on any atom is -0.491 e. The fraction of sp³-hybridized carbons (Fsp3) is 0.355. The monoisotopic (exact) mass is 672 g/mol. The van der Waals surface area contributed by atoms with Crippen LogP contribution in [0.5, 0.6) is 5.75 Å². The van der Waals surface area contributed by atoms with Gasteiger partial charge in [-0.3, -0.25) is 29.0 Å². The van der Waals surface area contributed by atoms with Gasteiger partial charge in [-0.25, -0.2) is 0 Å². The van der Waals surface area contributed by atoms with Crippen molar-refractivity contribution in [3.8, 4) is 5.75 Å². The van der Waals surface area contributed by atoms with Crippen LogP contribution < -0.4 is 9.64 Å². The first-order chi connectivity index (χ1) is 20.1. The highest BCUT2D eigenvalue weighted by atomic mass is 79.9. The van der Waals surface area contributed by atoms with Crippen LogP contribution >= 0.6 is 39.1 Å². The molecule has 3 fully saturated rings. The van der Waals surface area contributed by atoms with E-state index in [0.717, 1.165) is 10.5 Å². The van der Waals surface area contributed by atoms with E-state index in [9.17, 15) is 24.3 Å². The molecule has 2 heterocycles. The number of halogens is 3. The molecule has 1 saturated carbocycles. The number of nitrogens with zero attached hydrogens (tertiary/aromatic N) is 2. The number of benzene rings is 2. The second-order valence-corrected chi connectivity index (χ2v) is 12.6. The Hall–Kier alpha value is -2.98. The number of anilines is 1. The minimum absolute atomic E-state index is 0.00872. The number of hydrogen-bond acceptors (Lipinski definition) is 6. The summed E-state index contributed by atoms with van der Waals surface area (Å²) < 4.78 is 5.85. The van der Waals surface area contributed by atoms with E-state index in [1.165, 1.54) is 4.90 Å². The van der Waals surface area contributed by atoms with E-state index in [4.69, 9.17) is 27.9 Å². The fourth-order valence-electron chi connectivity index (χ4n) is 7.12. The van der Waals surface area contributed by atoms with E-state index >= 15 is 0 Å². The molecule has 42 heavy (non-hydrogen) atoms. The summed E-state index contributed by atoms with van der Waals surface area (Å²) in [7, 11) is 0. The fourth-order valence-corrected chi connectivity index (χ4v) is 8.54. The lowest BCUT2D eigenvalue weighted by molar-refractivity contribution is -0.138. The van der Waals surface area contributed by atoms with Crippen molar-refractivity contribution in [2.75, 3.05) is 23.6 Å². The SMILES string of the molecule is C=Cc1ccc(N2C(=O)C3CC=C4C(CC5(Cl)C(=O)N(CBr)C(=O)C5(Cl)C4c4ccccc4OCCO)C3C2=O)cc1. The number of allylic oxidation sites excluding steroid dienone is 2. The summed E-state index contributed by atoms with van der Waals surface area (Å²) in [6, 6.07) is 13.9. The van der Waals surface area contributed by atoms with Gasteiger partial charge < -0.3 is 9.84 Å². The second-order valence-electron chi connectivity index (χ2n) is 10.9. The molecule has 6 atom stereocenters. The first-order valence-corrected chi connectivity index (χ1v) is 15.4. The maximum Gasteiger partial charge on any atom is 0.254 e. The molecule has 0 bridgehead atoms. The maximum absolute atomic E-state index is 14.1. The summed E-state index contributed by atoms with van der Waals surface area (Å²) in [5.74, 6) is -4.70. The Labute approximate surface area is 261 Å². The van der Waals surface area contributed by atoms with Gasteiger partial charge in [-0.15, -0.1) is 23.2 Å². The molecule has 2 aromatic rings. The number of hydrogen-bond donors (Lipinski definition) is 1. The molecule has 0 radical (unpaired) electrons. The van der Waals surface area contributed by atoms with Gasteiger partial charge in [-0.2, -0.15) is 0 Å². The van der Waals surface area contributed by atoms with Gasteiger partial charge in [0.15, 0.2) is 9.75 Å². The Kier molecular flexibility index (Phi) is 7.37. The number of carbonyl (C=O) groups is 4. The predicted molar refractivity (Wildman–Crippen MR) is 161 cm³/mol. The van der Waals surface area contributed by atoms with Gasteiger partial charge in [0.2, 0.25) is 11.8 Å². The zero-order valence-corrected chi connectivity index (χ0v) is 25.4. The van der Waals surface area contributed by atoms with Gasteiger partial charge in [0.05, 0.1) is 29.6 Å². The summed E-state index contributed by atoms with van der Waals surface area (Å²) in [4.78, 5) is 53.9. The summed E-state index contributed by atoms with van der Waals surface area (Å²) >= 11 is 17.8. The summed E-state index contributed by atoms with van der Waals surface area (Å²) in [6.07, 6.45) is 3.71. The number of likely N-dealkylation sites (tertiary alicyclic amines) is 1. The van der Waals surface area contributed by atoms with Crippen LogP contribution in [0, 0.1) is 17.8 Å². The van der Waals surface area contributed by atoms with E-state index < -0.39 is 45.2 Å². The molecule has 6 unspecified atom stereocenters. The second kappa shape index (κ2) is 10.6. The summed E-state index contributed by atoms with van der Waals surface area (Å²) in [5.41, 5.74) is 2.37. The van der Waals surface area contributed by atoms with Crippen LogP contribution in [-0.2, 0) is 19.2 Å². The van der Waals surface area contributed by atoms with Crippen LogP contribution in [0.4, 0.5) is 5.69 Å². The van der Waals surface area contributed by atoms with Crippen molar-refractivity contribution >= 4 is 74.5 Å². The Balaban J connectivity index is 1.51. The van der Waals surface area contributed by atoms with E-state index in [0.29, 0.717) is 22.6 Å². The van der Waals surface area contributed by atoms with Crippen LogP contribution in [0.2, 0.25) is 0 Å². The van der Waals surface area contributed by atoms with Crippen LogP contribution in [0.15, 0.2) is 66.8 Å². The van der Waals surface area contributed by atoms with Crippen LogP contribution in [-0.4, -0.2) is 62.1 Å². The highest BCUT2D eigenvalue weighted by Crippen LogP contribution is 2.66.